The average molecular weight is 240 g/mol. The summed E-state index contributed by atoms with van der Waals surface area (Å²) >= 11 is 2.04. The SMILES string of the molecule is CC(C)C1C2OC(=O)C3C2SC1C3C(C)C. The zero-order valence-electron chi connectivity index (χ0n) is 10.3. The quantitative estimate of drug-likeness (QED) is 0.694. The number of esters is 1. The van der Waals surface area contributed by atoms with Crippen molar-refractivity contribution in [3.05, 3.63) is 0 Å². The minimum atomic E-state index is 0.0897. The van der Waals surface area contributed by atoms with E-state index in [1.807, 2.05) is 11.8 Å². The van der Waals surface area contributed by atoms with Crippen LogP contribution in [0.25, 0.3) is 0 Å². The summed E-state index contributed by atoms with van der Waals surface area (Å²) in [6, 6.07) is 0. The maximum atomic E-state index is 11.9. The number of carbonyl (C=O) groups excluding carboxylic acids is 1. The summed E-state index contributed by atoms with van der Waals surface area (Å²) in [7, 11) is 0. The molecule has 0 aromatic rings. The highest BCUT2D eigenvalue weighted by molar-refractivity contribution is 8.01. The largest absolute Gasteiger partial charge is 0.461 e. The molecule has 0 aliphatic carbocycles. The molecular weight excluding hydrogens is 220 g/mol. The molecule has 3 rings (SSSR count). The van der Waals surface area contributed by atoms with Crippen LogP contribution in [-0.4, -0.2) is 22.6 Å². The van der Waals surface area contributed by atoms with E-state index >= 15 is 0 Å². The van der Waals surface area contributed by atoms with Gasteiger partial charge in [0, 0.05) is 11.2 Å². The van der Waals surface area contributed by atoms with Crippen LogP contribution in [0.2, 0.25) is 0 Å². The van der Waals surface area contributed by atoms with Crippen LogP contribution in [0.3, 0.4) is 0 Å². The molecule has 2 bridgehead atoms. The number of hydrogen-bond acceptors (Lipinski definition) is 3. The van der Waals surface area contributed by atoms with Gasteiger partial charge < -0.3 is 4.74 Å². The van der Waals surface area contributed by atoms with Crippen LogP contribution in [0.5, 0.6) is 0 Å². The third-order valence-corrected chi connectivity index (χ3v) is 6.43. The van der Waals surface area contributed by atoms with E-state index in [4.69, 9.17) is 4.74 Å². The fraction of sp³-hybridized carbons (Fsp3) is 0.923. The zero-order chi connectivity index (χ0) is 11.6. The highest BCUT2D eigenvalue weighted by atomic mass is 32.2. The fourth-order valence-corrected chi connectivity index (χ4v) is 6.55. The second-order valence-electron chi connectivity index (χ2n) is 6.14. The summed E-state index contributed by atoms with van der Waals surface area (Å²) < 4.78 is 5.63. The van der Waals surface area contributed by atoms with Crippen LogP contribution in [0.4, 0.5) is 0 Å². The van der Waals surface area contributed by atoms with E-state index in [0.29, 0.717) is 34.2 Å². The minimum absolute atomic E-state index is 0.0897. The van der Waals surface area contributed by atoms with Crippen molar-refractivity contribution in [2.45, 2.75) is 44.3 Å². The van der Waals surface area contributed by atoms with Gasteiger partial charge >= 0.3 is 5.97 Å². The summed E-state index contributed by atoms with van der Waals surface area (Å²) in [6.07, 6.45) is 0.225. The molecule has 0 radical (unpaired) electrons. The Balaban J connectivity index is 1.98. The minimum Gasteiger partial charge on any atom is -0.461 e. The van der Waals surface area contributed by atoms with Gasteiger partial charge in [-0.15, -0.1) is 11.8 Å². The highest BCUT2D eigenvalue weighted by Gasteiger charge is 2.67. The molecule has 3 saturated heterocycles. The first-order chi connectivity index (χ1) is 7.52. The van der Waals surface area contributed by atoms with Crippen LogP contribution in [0.1, 0.15) is 27.7 Å². The number of thioether (sulfide) groups is 1. The standard InChI is InChI=1S/C13H20O2S/c1-5(2)7-9-12-10(15-13(9)14)8(6(3)4)11(7)16-12/h5-12H,1-4H3. The van der Waals surface area contributed by atoms with Crippen molar-refractivity contribution >= 4 is 17.7 Å². The topological polar surface area (TPSA) is 26.3 Å². The molecule has 6 unspecified atom stereocenters. The van der Waals surface area contributed by atoms with Crippen molar-refractivity contribution in [3.8, 4) is 0 Å². The number of rotatable bonds is 2. The first-order valence-electron chi connectivity index (χ1n) is 6.38. The Labute approximate surface area is 101 Å². The van der Waals surface area contributed by atoms with Gasteiger partial charge in [0.1, 0.15) is 6.10 Å². The van der Waals surface area contributed by atoms with E-state index in [9.17, 15) is 4.79 Å². The summed E-state index contributed by atoms with van der Waals surface area (Å²) in [5.41, 5.74) is 0. The van der Waals surface area contributed by atoms with Crippen molar-refractivity contribution in [1.29, 1.82) is 0 Å². The van der Waals surface area contributed by atoms with Gasteiger partial charge in [0.15, 0.2) is 0 Å². The van der Waals surface area contributed by atoms with E-state index in [1.165, 1.54) is 0 Å². The molecule has 3 fully saturated rings. The van der Waals surface area contributed by atoms with Crippen molar-refractivity contribution in [3.63, 3.8) is 0 Å². The van der Waals surface area contributed by atoms with Crippen molar-refractivity contribution < 1.29 is 9.53 Å². The lowest BCUT2D eigenvalue weighted by Gasteiger charge is -2.34. The van der Waals surface area contributed by atoms with Crippen LogP contribution in [-0.2, 0) is 9.53 Å². The van der Waals surface area contributed by atoms with Crippen LogP contribution in [0, 0.1) is 29.6 Å². The molecule has 0 saturated carbocycles. The summed E-state index contributed by atoms with van der Waals surface area (Å²) in [4.78, 5) is 11.9. The number of fused-ring (bicyclic) bond motifs is 1. The molecule has 0 N–H and O–H groups in total. The lowest BCUT2D eigenvalue weighted by Crippen LogP contribution is -2.42. The Morgan fingerprint density at radius 1 is 1.06 bits per heavy atom. The van der Waals surface area contributed by atoms with E-state index < -0.39 is 0 Å². The highest BCUT2D eigenvalue weighted by Crippen LogP contribution is 2.63. The zero-order valence-corrected chi connectivity index (χ0v) is 11.2. The summed E-state index contributed by atoms with van der Waals surface area (Å²) in [5, 5.41) is 1.13. The van der Waals surface area contributed by atoms with Gasteiger partial charge in [-0.3, -0.25) is 4.79 Å². The van der Waals surface area contributed by atoms with Crippen LogP contribution in [0.15, 0.2) is 0 Å². The molecule has 0 spiro atoms. The van der Waals surface area contributed by atoms with E-state index in [-0.39, 0.29) is 18.0 Å². The van der Waals surface area contributed by atoms with Gasteiger partial charge in [0.2, 0.25) is 0 Å². The molecule has 6 atom stereocenters. The Bertz CT molecular complexity index is 326. The van der Waals surface area contributed by atoms with Gasteiger partial charge in [-0.2, -0.15) is 0 Å². The van der Waals surface area contributed by atoms with Gasteiger partial charge in [-0.1, -0.05) is 27.7 Å². The van der Waals surface area contributed by atoms with E-state index in [0.717, 1.165) is 0 Å². The van der Waals surface area contributed by atoms with E-state index in [2.05, 4.69) is 27.7 Å². The number of ether oxygens (including phenoxy) is 1. The molecule has 3 aliphatic rings. The smallest absolute Gasteiger partial charge is 0.310 e. The number of hydrogen-bond donors (Lipinski definition) is 0. The average Bonchev–Trinajstić information content (AvgIpc) is 2.74. The Morgan fingerprint density at radius 3 is 2.25 bits per heavy atom. The molecule has 3 heterocycles. The van der Waals surface area contributed by atoms with Crippen molar-refractivity contribution in [2.24, 2.45) is 29.6 Å². The molecule has 3 heteroatoms. The molecule has 0 aromatic heterocycles. The van der Waals surface area contributed by atoms with E-state index in [1.54, 1.807) is 0 Å². The van der Waals surface area contributed by atoms with Crippen LogP contribution < -0.4 is 0 Å². The predicted molar refractivity (Wildman–Crippen MR) is 65.2 cm³/mol. The molecule has 90 valence electrons. The Morgan fingerprint density at radius 2 is 1.69 bits per heavy atom. The van der Waals surface area contributed by atoms with Gasteiger partial charge in [-0.05, 0) is 17.8 Å². The fourth-order valence-electron chi connectivity index (χ4n) is 4.02. The third-order valence-electron chi connectivity index (χ3n) is 4.61. The van der Waals surface area contributed by atoms with Crippen LogP contribution >= 0.6 is 11.8 Å². The molecule has 0 aromatic carbocycles. The molecule has 0 amide bonds. The molecule has 16 heavy (non-hydrogen) atoms. The third kappa shape index (κ3) is 1.18. The monoisotopic (exact) mass is 240 g/mol. The maximum Gasteiger partial charge on any atom is 0.310 e. The summed E-state index contributed by atoms with van der Waals surface area (Å²) in [6.45, 7) is 9.04. The first kappa shape index (κ1) is 10.9. The lowest BCUT2D eigenvalue weighted by molar-refractivity contribution is -0.145. The molecule has 3 aliphatic heterocycles. The van der Waals surface area contributed by atoms with Gasteiger partial charge in [0.25, 0.3) is 0 Å². The Hall–Kier alpha value is -0.180. The molecule has 2 nitrogen and oxygen atoms in total. The first-order valence-corrected chi connectivity index (χ1v) is 7.32. The normalized spacial score (nSPS) is 49.5. The van der Waals surface area contributed by atoms with Gasteiger partial charge in [0.05, 0.1) is 11.2 Å². The van der Waals surface area contributed by atoms with Gasteiger partial charge in [-0.25, -0.2) is 0 Å². The summed E-state index contributed by atoms with van der Waals surface area (Å²) in [5.74, 6) is 2.65. The predicted octanol–water partition coefficient (Wildman–Crippen LogP) is 2.57. The molecular formula is C13H20O2S. The second kappa shape index (κ2) is 3.41. The number of carbonyl (C=O) groups is 1. The van der Waals surface area contributed by atoms with Crippen molar-refractivity contribution in [2.75, 3.05) is 0 Å². The second-order valence-corrected chi connectivity index (χ2v) is 7.50. The maximum absolute atomic E-state index is 11.9. The Kier molecular flexibility index (Phi) is 2.33. The lowest BCUT2D eigenvalue weighted by atomic mass is 9.67. The van der Waals surface area contributed by atoms with Crippen molar-refractivity contribution in [1.82, 2.24) is 0 Å².